The number of nitrogens with zero attached hydrogens (tertiary/aromatic N) is 2. The molecule has 0 saturated carbocycles. The molecule has 5 nitrogen and oxygen atoms in total. The largest absolute Gasteiger partial charge is 0.378 e. The van der Waals surface area contributed by atoms with Gasteiger partial charge in [0, 0.05) is 19.6 Å². The molecule has 5 heteroatoms. The predicted octanol–water partition coefficient (Wildman–Crippen LogP) is 1.86. The normalized spacial score (nSPS) is 20.6. The molecule has 0 bridgehead atoms. The van der Waals surface area contributed by atoms with Gasteiger partial charge in [0.05, 0.1) is 6.10 Å². The lowest BCUT2D eigenvalue weighted by Gasteiger charge is -2.04. The topological polar surface area (TPSA) is 60.2 Å². The van der Waals surface area contributed by atoms with Crippen molar-refractivity contribution in [2.75, 3.05) is 18.5 Å². The maximum absolute atomic E-state index is 5.52. The summed E-state index contributed by atoms with van der Waals surface area (Å²) in [7, 11) is 0. The van der Waals surface area contributed by atoms with Crippen LogP contribution >= 0.6 is 0 Å². The Morgan fingerprint density at radius 1 is 1.50 bits per heavy atom. The third kappa shape index (κ3) is 3.20. The van der Waals surface area contributed by atoms with E-state index in [0.29, 0.717) is 11.9 Å². The van der Waals surface area contributed by atoms with E-state index < -0.39 is 0 Å². The predicted molar refractivity (Wildman–Crippen MR) is 60.3 cm³/mol. The zero-order valence-corrected chi connectivity index (χ0v) is 9.90. The van der Waals surface area contributed by atoms with Gasteiger partial charge in [0.1, 0.15) is 0 Å². The van der Waals surface area contributed by atoms with Crippen LogP contribution in [0.3, 0.4) is 0 Å². The van der Waals surface area contributed by atoms with E-state index in [2.05, 4.69) is 29.3 Å². The summed E-state index contributed by atoms with van der Waals surface area (Å²) in [5, 5.41) is 7.04. The van der Waals surface area contributed by atoms with Crippen molar-refractivity contribution in [1.29, 1.82) is 0 Å². The highest BCUT2D eigenvalue weighted by Crippen LogP contribution is 2.16. The number of hydrogen-bond acceptors (Lipinski definition) is 5. The van der Waals surface area contributed by atoms with Crippen LogP contribution in [-0.2, 0) is 11.2 Å². The first kappa shape index (κ1) is 11.4. The summed E-state index contributed by atoms with van der Waals surface area (Å²) < 4.78 is 10.6. The zero-order chi connectivity index (χ0) is 11.4. The Labute approximate surface area is 95.6 Å². The molecule has 0 spiro atoms. The van der Waals surface area contributed by atoms with E-state index in [1.54, 1.807) is 0 Å². The van der Waals surface area contributed by atoms with E-state index in [-0.39, 0.29) is 6.10 Å². The molecule has 1 aliphatic heterocycles. The summed E-state index contributed by atoms with van der Waals surface area (Å²) >= 11 is 0. The monoisotopic (exact) mass is 225 g/mol. The van der Waals surface area contributed by atoms with Gasteiger partial charge in [0.2, 0.25) is 0 Å². The number of rotatable bonds is 5. The fraction of sp³-hybridized carbons (Fsp3) is 0.818. The van der Waals surface area contributed by atoms with Crippen LogP contribution in [0.5, 0.6) is 0 Å². The molecule has 2 rings (SSSR count). The highest BCUT2D eigenvalue weighted by Gasteiger charge is 2.18. The Hall–Kier alpha value is -1.10. The summed E-state index contributed by atoms with van der Waals surface area (Å²) in [5.41, 5.74) is 0. The molecular weight excluding hydrogens is 206 g/mol. The van der Waals surface area contributed by atoms with E-state index in [4.69, 9.17) is 9.26 Å². The molecule has 0 amide bonds. The van der Waals surface area contributed by atoms with E-state index in [9.17, 15) is 0 Å². The van der Waals surface area contributed by atoms with Crippen molar-refractivity contribution in [2.45, 2.75) is 39.2 Å². The fourth-order valence-corrected chi connectivity index (χ4v) is 1.71. The van der Waals surface area contributed by atoms with Crippen LogP contribution in [0.25, 0.3) is 0 Å². The van der Waals surface area contributed by atoms with Crippen LogP contribution in [0.4, 0.5) is 6.01 Å². The van der Waals surface area contributed by atoms with Gasteiger partial charge in [-0.3, -0.25) is 0 Å². The second-order valence-corrected chi connectivity index (χ2v) is 4.63. The van der Waals surface area contributed by atoms with Crippen molar-refractivity contribution in [3.8, 4) is 0 Å². The standard InChI is InChI=1S/C11H19N3O2/c1-8(2)7-12-11-13-10(14-16-11)6-9-4-3-5-15-9/h8-9H,3-7H2,1-2H3,(H,12,13,14). The average Bonchev–Trinajstić information content (AvgIpc) is 2.87. The van der Waals surface area contributed by atoms with Crippen LogP contribution in [-0.4, -0.2) is 29.4 Å². The Morgan fingerprint density at radius 2 is 2.38 bits per heavy atom. The second-order valence-electron chi connectivity index (χ2n) is 4.63. The zero-order valence-electron chi connectivity index (χ0n) is 9.90. The third-order valence-corrected chi connectivity index (χ3v) is 2.56. The molecule has 0 aromatic carbocycles. The lowest BCUT2D eigenvalue weighted by Crippen LogP contribution is -2.10. The summed E-state index contributed by atoms with van der Waals surface area (Å²) in [6.45, 7) is 5.98. The molecule has 0 radical (unpaired) electrons. The van der Waals surface area contributed by atoms with Crippen LogP contribution in [0.15, 0.2) is 4.52 Å². The van der Waals surface area contributed by atoms with Gasteiger partial charge in [-0.1, -0.05) is 19.0 Å². The Bertz CT molecular complexity index is 319. The minimum atomic E-state index is 0.274. The van der Waals surface area contributed by atoms with E-state index in [0.717, 1.165) is 38.2 Å². The first-order chi connectivity index (χ1) is 7.74. The molecule has 1 N–H and O–H groups in total. The van der Waals surface area contributed by atoms with E-state index in [1.165, 1.54) is 0 Å². The third-order valence-electron chi connectivity index (χ3n) is 2.56. The van der Waals surface area contributed by atoms with Gasteiger partial charge in [-0.2, -0.15) is 4.98 Å². The Kier molecular flexibility index (Phi) is 3.77. The molecule has 1 unspecified atom stereocenters. The quantitative estimate of drug-likeness (QED) is 0.828. The van der Waals surface area contributed by atoms with Gasteiger partial charge >= 0.3 is 6.01 Å². The first-order valence-electron chi connectivity index (χ1n) is 5.92. The summed E-state index contributed by atoms with van der Waals surface area (Å²) in [6.07, 6.45) is 3.27. The SMILES string of the molecule is CC(C)CNc1nc(CC2CCCO2)no1. The maximum Gasteiger partial charge on any atom is 0.321 e. The van der Waals surface area contributed by atoms with E-state index in [1.807, 2.05) is 0 Å². The van der Waals surface area contributed by atoms with Gasteiger partial charge < -0.3 is 14.6 Å². The summed E-state index contributed by atoms with van der Waals surface area (Å²) in [4.78, 5) is 4.28. The van der Waals surface area contributed by atoms with Gasteiger partial charge in [-0.15, -0.1) is 0 Å². The molecule has 1 aliphatic rings. The lowest BCUT2D eigenvalue weighted by molar-refractivity contribution is 0.109. The second kappa shape index (κ2) is 5.30. The Morgan fingerprint density at radius 3 is 3.06 bits per heavy atom. The molecule has 1 atom stereocenters. The van der Waals surface area contributed by atoms with Crippen LogP contribution in [0.1, 0.15) is 32.5 Å². The van der Waals surface area contributed by atoms with Crippen LogP contribution in [0, 0.1) is 5.92 Å². The maximum atomic E-state index is 5.52. The minimum Gasteiger partial charge on any atom is -0.378 e. The molecule has 1 aromatic heterocycles. The number of aromatic nitrogens is 2. The highest BCUT2D eigenvalue weighted by atomic mass is 16.5. The molecule has 2 heterocycles. The Balaban J connectivity index is 1.81. The van der Waals surface area contributed by atoms with Crippen molar-refractivity contribution < 1.29 is 9.26 Å². The van der Waals surface area contributed by atoms with Crippen molar-refractivity contribution in [3.05, 3.63) is 5.82 Å². The highest BCUT2D eigenvalue weighted by molar-refractivity contribution is 5.18. The van der Waals surface area contributed by atoms with Crippen molar-refractivity contribution >= 4 is 6.01 Å². The average molecular weight is 225 g/mol. The van der Waals surface area contributed by atoms with Crippen LogP contribution < -0.4 is 5.32 Å². The van der Waals surface area contributed by atoms with Gasteiger partial charge in [-0.05, 0) is 18.8 Å². The van der Waals surface area contributed by atoms with Crippen molar-refractivity contribution in [3.63, 3.8) is 0 Å². The molecule has 1 fully saturated rings. The van der Waals surface area contributed by atoms with Crippen molar-refractivity contribution in [1.82, 2.24) is 10.1 Å². The molecule has 16 heavy (non-hydrogen) atoms. The lowest BCUT2D eigenvalue weighted by atomic mass is 10.2. The molecule has 90 valence electrons. The minimum absolute atomic E-state index is 0.274. The molecule has 1 aromatic rings. The van der Waals surface area contributed by atoms with Gasteiger partial charge in [0.25, 0.3) is 0 Å². The smallest absolute Gasteiger partial charge is 0.321 e. The van der Waals surface area contributed by atoms with Gasteiger partial charge in [-0.25, -0.2) is 0 Å². The van der Waals surface area contributed by atoms with Gasteiger partial charge in [0.15, 0.2) is 5.82 Å². The molecular formula is C11H19N3O2. The summed E-state index contributed by atoms with van der Waals surface area (Å²) in [6, 6.07) is 0.515. The van der Waals surface area contributed by atoms with Crippen molar-refractivity contribution in [2.24, 2.45) is 5.92 Å². The molecule has 0 aliphatic carbocycles. The number of ether oxygens (including phenoxy) is 1. The number of anilines is 1. The van der Waals surface area contributed by atoms with Crippen LogP contribution in [0.2, 0.25) is 0 Å². The number of nitrogens with one attached hydrogen (secondary N) is 1. The number of hydrogen-bond donors (Lipinski definition) is 1. The summed E-state index contributed by atoms with van der Waals surface area (Å²) in [5.74, 6) is 1.30. The van der Waals surface area contributed by atoms with E-state index >= 15 is 0 Å². The molecule has 1 saturated heterocycles. The fourth-order valence-electron chi connectivity index (χ4n) is 1.71. The first-order valence-corrected chi connectivity index (χ1v) is 5.92.